The van der Waals surface area contributed by atoms with Gasteiger partial charge in [0.15, 0.2) is 5.69 Å². The Labute approximate surface area is 129 Å². The Morgan fingerprint density at radius 1 is 1.35 bits per heavy atom. The molecule has 3 rings (SSSR count). The molecular weight excluding hydrogens is 371 g/mol. The van der Waals surface area contributed by atoms with Crippen molar-refractivity contribution in [1.29, 1.82) is 0 Å². The highest BCUT2D eigenvalue weighted by Crippen LogP contribution is 2.22. The molecule has 1 saturated heterocycles. The molecule has 1 aliphatic heterocycles. The summed E-state index contributed by atoms with van der Waals surface area (Å²) >= 11 is 2.29. The van der Waals surface area contributed by atoms with E-state index in [2.05, 4.69) is 62.1 Å². The van der Waals surface area contributed by atoms with Crippen molar-refractivity contribution in [3.05, 3.63) is 45.3 Å². The second-order valence-corrected chi connectivity index (χ2v) is 6.11. The highest BCUT2D eigenvalue weighted by molar-refractivity contribution is 14.1. The lowest BCUT2D eigenvalue weighted by Gasteiger charge is -2.38. The van der Waals surface area contributed by atoms with Gasteiger partial charge in [-0.05, 0) is 40.3 Å². The van der Waals surface area contributed by atoms with Crippen LogP contribution in [0.5, 0.6) is 0 Å². The van der Waals surface area contributed by atoms with Gasteiger partial charge in [0.2, 0.25) is 0 Å². The summed E-state index contributed by atoms with van der Waals surface area (Å²) in [5.41, 5.74) is 1.29. The summed E-state index contributed by atoms with van der Waals surface area (Å²) < 4.78 is 2.88. The number of likely N-dealkylation sites (tertiary alicyclic amines) is 1. The minimum absolute atomic E-state index is 0.00100. The van der Waals surface area contributed by atoms with E-state index < -0.39 is 5.97 Å². The highest BCUT2D eigenvalue weighted by atomic mass is 127. The van der Waals surface area contributed by atoms with Crippen LogP contribution in [-0.4, -0.2) is 44.1 Å². The van der Waals surface area contributed by atoms with Gasteiger partial charge in [-0.3, -0.25) is 4.90 Å². The van der Waals surface area contributed by atoms with Crippen LogP contribution in [-0.2, 0) is 6.54 Å². The van der Waals surface area contributed by atoms with Gasteiger partial charge in [0, 0.05) is 23.2 Å². The molecule has 0 saturated carbocycles. The number of hydrogen-bond acceptors (Lipinski definition) is 4. The van der Waals surface area contributed by atoms with E-state index in [1.807, 2.05) is 0 Å². The molecule has 1 fully saturated rings. The first-order chi connectivity index (χ1) is 9.61. The molecule has 0 atom stereocenters. The third-order valence-corrected chi connectivity index (χ3v) is 4.08. The van der Waals surface area contributed by atoms with Crippen LogP contribution in [0, 0.1) is 3.57 Å². The van der Waals surface area contributed by atoms with E-state index in [-0.39, 0.29) is 11.7 Å². The van der Waals surface area contributed by atoms with E-state index >= 15 is 0 Å². The highest BCUT2D eigenvalue weighted by Gasteiger charge is 2.29. The van der Waals surface area contributed by atoms with E-state index in [0.717, 1.165) is 19.6 Å². The number of carboxylic acid groups (broad SMARTS) is 1. The molecular formula is C13H13IN4O2. The molecule has 0 radical (unpaired) electrons. The van der Waals surface area contributed by atoms with Crippen LogP contribution in [0.25, 0.3) is 0 Å². The Balaban J connectivity index is 1.55. The van der Waals surface area contributed by atoms with E-state index in [1.54, 1.807) is 4.68 Å². The van der Waals surface area contributed by atoms with Crippen molar-refractivity contribution in [1.82, 2.24) is 19.9 Å². The number of aromatic nitrogens is 3. The Morgan fingerprint density at radius 2 is 2.05 bits per heavy atom. The fraction of sp³-hybridized carbons (Fsp3) is 0.308. The number of nitrogens with zero attached hydrogens (tertiary/aromatic N) is 4. The second kappa shape index (κ2) is 5.49. The monoisotopic (exact) mass is 384 g/mol. The maximum atomic E-state index is 10.7. The van der Waals surface area contributed by atoms with Gasteiger partial charge in [-0.25, -0.2) is 9.48 Å². The molecule has 2 aromatic rings. The first-order valence-electron chi connectivity index (χ1n) is 6.24. The van der Waals surface area contributed by atoms with Gasteiger partial charge in [-0.15, -0.1) is 5.10 Å². The fourth-order valence-corrected chi connectivity index (χ4v) is 2.60. The molecule has 1 aliphatic rings. The molecule has 1 aromatic heterocycles. The topological polar surface area (TPSA) is 71.2 Å². The number of aromatic carboxylic acids is 1. The van der Waals surface area contributed by atoms with Crippen molar-refractivity contribution >= 4 is 28.6 Å². The minimum Gasteiger partial charge on any atom is -0.476 e. The first-order valence-corrected chi connectivity index (χ1v) is 7.31. The van der Waals surface area contributed by atoms with Crippen molar-refractivity contribution in [2.45, 2.75) is 12.6 Å². The summed E-state index contributed by atoms with van der Waals surface area (Å²) in [4.78, 5) is 13.0. The van der Waals surface area contributed by atoms with Gasteiger partial charge in [0.1, 0.15) is 0 Å². The molecule has 20 heavy (non-hydrogen) atoms. The summed E-state index contributed by atoms with van der Waals surface area (Å²) in [7, 11) is 0. The maximum Gasteiger partial charge on any atom is 0.358 e. The van der Waals surface area contributed by atoms with Gasteiger partial charge >= 0.3 is 5.97 Å². The zero-order chi connectivity index (χ0) is 14.1. The number of carbonyl (C=O) groups is 1. The summed E-state index contributed by atoms with van der Waals surface area (Å²) in [5, 5.41) is 16.3. The lowest BCUT2D eigenvalue weighted by molar-refractivity contribution is 0.0690. The Bertz CT molecular complexity index is 620. The van der Waals surface area contributed by atoms with Crippen molar-refractivity contribution < 1.29 is 9.90 Å². The molecule has 0 amide bonds. The van der Waals surface area contributed by atoms with Crippen LogP contribution < -0.4 is 0 Å². The van der Waals surface area contributed by atoms with Gasteiger partial charge in [0.25, 0.3) is 0 Å². The van der Waals surface area contributed by atoms with Gasteiger partial charge in [0.05, 0.1) is 12.2 Å². The number of rotatable bonds is 4. The predicted molar refractivity (Wildman–Crippen MR) is 80.5 cm³/mol. The van der Waals surface area contributed by atoms with Crippen LogP contribution in [0.3, 0.4) is 0 Å². The van der Waals surface area contributed by atoms with Gasteiger partial charge in [-0.1, -0.05) is 17.3 Å². The lowest BCUT2D eigenvalue weighted by atomic mass is 10.1. The minimum atomic E-state index is -1.04. The van der Waals surface area contributed by atoms with E-state index in [4.69, 9.17) is 5.11 Å². The molecule has 2 heterocycles. The predicted octanol–water partition coefficient (Wildman–Crippen LogP) is 1.64. The van der Waals surface area contributed by atoms with Crippen molar-refractivity contribution in [3.8, 4) is 0 Å². The van der Waals surface area contributed by atoms with Crippen molar-refractivity contribution in [3.63, 3.8) is 0 Å². The van der Waals surface area contributed by atoms with E-state index in [0.29, 0.717) is 0 Å². The van der Waals surface area contributed by atoms with E-state index in [9.17, 15) is 4.79 Å². The number of halogens is 1. The maximum absolute atomic E-state index is 10.7. The largest absolute Gasteiger partial charge is 0.476 e. The standard InChI is InChI=1S/C13H13IN4O2/c14-10-3-1-9(2-4-10)5-17-6-11(7-17)18-8-12(13(19)20)15-16-18/h1-4,8,11H,5-7H2,(H,19,20). The molecule has 1 aromatic carbocycles. The Hall–Kier alpha value is -1.48. The quantitative estimate of drug-likeness (QED) is 0.812. The zero-order valence-electron chi connectivity index (χ0n) is 10.6. The lowest BCUT2D eigenvalue weighted by Crippen LogP contribution is -2.47. The summed E-state index contributed by atoms with van der Waals surface area (Å²) in [6.07, 6.45) is 1.50. The van der Waals surface area contributed by atoms with Crippen LogP contribution in [0.15, 0.2) is 30.5 Å². The average Bonchev–Trinajstić information content (AvgIpc) is 2.85. The smallest absolute Gasteiger partial charge is 0.358 e. The third-order valence-electron chi connectivity index (χ3n) is 3.36. The van der Waals surface area contributed by atoms with Crippen molar-refractivity contribution in [2.24, 2.45) is 0 Å². The van der Waals surface area contributed by atoms with Crippen LogP contribution in [0.1, 0.15) is 22.1 Å². The molecule has 104 valence electrons. The number of carboxylic acids is 1. The van der Waals surface area contributed by atoms with Gasteiger partial charge < -0.3 is 5.11 Å². The molecule has 0 unspecified atom stereocenters. The third kappa shape index (κ3) is 2.83. The first kappa shape index (κ1) is 13.5. The van der Waals surface area contributed by atoms with Gasteiger partial charge in [-0.2, -0.15) is 0 Å². The van der Waals surface area contributed by atoms with Crippen LogP contribution in [0.4, 0.5) is 0 Å². The zero-order valence-corrected chi connectivity index (χ0v) is 12.8. The summed E-state index contributed by atoms with van der Waals surface area (Å²) in [6, 6.07) is 8.69. The average molecular weight is 384 g/mol. The summed E-state index contributed by atoms with van der Waals surface area (Å²) in [6.45, 7) is 2.65. The molecule has 0 spiro atoms. The molecule has 6 nitrogen and oxygen atoms in total. The SMILES string of the molecule is O=C(O)c1cn(C2CN(Cc3ccc(I)cc3)C2)nn1. The number of benzene rings is 1. The Kier molecular flexibility index (Phi) is 3.70. The molecule has 0 bridgehead atoms. The summed E-state index contributed by atoms with van der Waals surface area (Å²) in [5.74, 6) is -1.04. The molecule has 7 heteroatoms. The molecule has 0 aliphatic carbocycles. The fourth-order valence-electron chi connectivity index (χ4n) is 2.24. The normalized spacial score (nSPS) is 16.1. The second-order valence-electron chi connectivity index (χ2n) is 4.86. The van der Waals surface area contributed by atoms with Crippen LogP contribution in [0.2, 0.25) is 0 Å². The number of hydrogen-bond donors (Lipinski definition) is 1. The van der Waals surface area contributed by atoms with Crippen molar-refractivity contribution in [2.75, 3.05) is 13.1 Å². The van der Waals surface area contributed by atoms with E-state index in [1.165, 1.54) is 15.3 Å². The Morgan fingerprint density at radius 3 is 2.65 bits per heavy atom. The van der Waals surface area contributed by atoms with Crippen LogP contribution >= 0.6 is 22.6 Å². The molecule has 1 N–H and O–H groups in total.